The van der Waals surface area contributed by atoms with Gasteiger partial charge in [0.2, 0.25) is 0 Å². The maximum Gasteiger partial charge on any atom is 0.145 e. The van der Waals surface area contributed by atoms with E-state index in [-0.39, 0.29) is 5.56 Å². The van der Waals surface area contributed by atoms with Crippen molar-refractivity contribution < 1.29 is 19.4 Å². The number of benzene rings is 2. The summed E-state index contributed by atoms with van der Waals surface area (Å²) in [6.45, 7) is 2.79. The van der Waals surface area contributed by atoms with Crippen LogP contribution in [0.25, 0.3) is 22.2 Å². The van der Waals surface area contributed by atoms with Crippen LogP contribution in [-0.2, 0) is 0 Å². The van der Waals surface area contributed by atoms with Gasteiger partial charge in [0.05, 0.1) is 25.4 Å². The molecule has 0 bridgehead atoms. The van der Waals surface area contributed by atoms with Crippen LogP contribution in [0.2, 0.25) is 0 Å². The molecule has 5 nitrogen and oxygen atoms in total. The number of fused-ring (bicyclic) bond motifs is 1. The Kier molecular flexibility index (Phi) is 5.37. The number of aromatic nitrogens is 1. The van der Waals surface area contributed by atoms with Crippen LogP contribution in [0.4, 0.5) is 0 Å². The van der Waals surface area contributed by atoms with Gasteiger partial charge < -0.3 is 19.4 Å². The molecular weight excluding hydrogens is 330 g/mol. The molecule has 0 aliphatic rings. The fourth-order valence-corrected chi connectivity index (χ4v) is 2.76. The van der Waals surface area contributed by atoms with E-state index in [0.29, 0.717) is 29.0 Å². The second-order valence-electron chi connectivity index (χ2n) is 5.93. The monoisotopic (exact) mass is 350 g/mol. The summed E-state index contributed by atoms with van der Waals surface area (Å²) in [5.41, 5.74) is 1.92. The van der Waals surface area contributed by atoms with Gasteiger partial charge in [0, 0.05) is 16.5 Å². The molecular formula is C21H20NO4-. The number of ether oxygens (including phenoxy) is 2. The van der Waals surface area contributed by atoms with E-state index in [1.807, 2.05) is 24.3 Å². The minimum Gasteiger partial charge on any atom is -0.545 e. The van der Waals surface area contributed by atoms with Gasteiger partial charge in [-0.25, -0.2) is 4.98 Å². The van der Waals surface area contributed by atoms with E-state index in [1.54, 1.807) is 18.2 Å². The van der Waals surface area contributed by atoms with Gasteiger partial charge in [-0.1, -0.05) is 25.5 Å². The third kappa shape index (κ3) is 3.61. The predicted molar refractivity (Wildman–Crippen MR) is 98.5 cm³/mol. The van der Waals surface area contributed by atoms with Crippen molar-refractivity contribution in [2.24, 2.45) is 0 Å². The molecule has 0 unspecified atom stereocenters. The normalized spacial score (nSPS) is 10.7. The molecule has 5 heteroatoms. The van der Waals surface area contributed by atoms with Crippen molar-refractivity contribution in [3.8, 4) is 22.8 Å². The van der Waals surface area contributed by atoms with Gasteiger partial charge in [0.15, 0.2) is 0 Å². The fourth-order valence-electron chi connectivity index (χ4n) is 2.76. The molecule has 3 aromatic rings. The van der Waals surface area contributed by atoms with Crippen LogP contribution >= 0.6 is 0 Å². The Balaban J connectivity index is 2.03. The molecule has 0 N–H and O–H groups in total. The highest BCUT2D eigenvalue weighted by Gasteiger charge is 2.12. The number of carbonyl (C=O) groups excluding carboxylic acids is 1. The second kappa shape index (κ2) is 7.87. The Morgan fingerprint density at radius 2 is 1.92 bits per heavy atom. The molecule has 0 fully saturated rings. The highest BCUT2D eigenvalue weighted by molar-refractivity contribution is 6.04. The minimum absolute atomic E-state index is 0.0900. The number of unbranched alkanes of at least 4 members (excludes halogenated alkanes) is 1. The first-order valence-corrected chi connectivity index (χ1v) is 8.56. The topological polar surface area (TPSA) is 71.5 Å². The Morgan fingerprint density at radius 1 is 1.15 bits per heavy atom. The summed E-state index contributed by atoms with van der Waals surface area (Å²) < 4.78 is 11.0. The molecule has 3 rings (SSSR count). The van der Waals surface area contributed by atoms with E-state index in [9.17, 15) is 9.90 Å². The van der Waals surface area contributed by atoms with E-state index in [1.165, 1.54) is 13.2 Å². The molecule has 0 aliphatic heterocycles. The molecule has 0 atom stereocenters. The lowest BCUT2D eigenvalue weighted by atomic mass is 10.0. The van der Waals surface area contributed by atoms with Crippen molar-refractivity contribution in [2.75, 3.05) is 13.7 Å². The van der Waals surface area contributed by atoms with Crippen LogP contribution in [0.3, 0.4) is 0 Å². The van der Waals surface area contributed by atoms with Gasteiger partial charge in [-0.05, 0) is 42.8 Å². The molecule has 0 radical (unpaired) electrons. The van der Waals surface area contributed by atoms with E-state index in [0.717, 1.165) is 24.2 Å². The molecule has 26 heavy (non-hydrogen) atoms. The van der Waals surface area contributed by atoms with Crippen molar-refractivity contribution in [3.63, 3.8) is 0 Å². The van der Waals surface area contributed by atoms with E-state index in [4.69, 9.17) is 9.47 Å². The maximum absolute atomic E-state index is 11.6. The number of methoxy groups -OCH3 is 1. The molecule has 1 heterocycles. The summed E-state index contributed by atoms with van der Waals surface area (Å²) in [5.74, 6) is 0.0542. The number of aromatic carboxylic acids is 1. The summed E-state index contributed by atoms with van der Waals surface area (Å²) in [6.07, 6.45) is 2.08. The summed E-state index contributed by atoms with van der Waals surface area (Å²) in [7, 11) is 1.53. The highest BCUT2D eigenvalue weighted by atomic mass is 16.5. The molecule has 2 aromatic carbocycles. The Morgan fingerprint density at radius 3 is 2.58 bits per heavy atom. The summed E-state index contributed by atoms with van der Waals surface area (Å²) in [4.78, 5) is 16.2. The van der Waals surface area contributed by atoms with Gasteiger partial charge >= 0.3 is 0 Å². The zero-order valence-corrected chi connectivity index (χ0v) is 14.8. The number of hydrogen-bond acceptors (Lipinski definition) is 5. The van der Waals surface area contributed by atoms with Crippen molar-refractivity contribution in [1.29, 1.82) is 0 Å². The third-order valence-corrected chi connectivity index (χ3v) is 4.16. The van der Waals surface area contributed by atoms with Crippen LogP contribution in [0, 0.1) is 0 Å². The summed E-state index contributed by atoms with van der Waals surface area (Å²) in [5, 5.41) is 12.1. The Bertz CT molecular complexity index is 919. The number of pyridine rings is 1. The molecule has 1 aromatic heterocycles. The first kappa shape index (κ1) is 17.7. The first-order valence-electron chi connectivity index (χ1n) is 8.56. The molecule has 0 saturated heterocycles. The number of para-hydroxylation sites is 1. The zero-order valence-electron chi connectivity index (χ0n) is 14.8. The number of carbonyl (C=O) groups is 1. The largest absolute Gasteiger partial charge is 0.545 e. The molecule has 134 valence electrons. The van der Waals surface area contributed by atoms with E-state index in [2.05, 4.69) is 11.9 Å². The van der Waals surface area contributed by atoms with Crippen LogP contribution in [0.5, 0.6) is 11.5 Å². The second-order valence-corrected chi connectivity index (χ2v) is 5.93. The van der Waals surface area contributed by atoms with Gasteiger partial charge in [0.1, 0.15) is 17.0 Å². The highest BCUT2D eigenvalue weighted by Crippen LogP contribution is 2.30. The minimum atomic E-state index is -1.24. The zero-order chi connectivity index (χ0) is 18.5. The van der Waals surface area contributed by atoms with E-state index < -0.39 is 5.97 Å². The van der Waals surface area contributed by atoms with Crippen molar-refractivity contribution in [2.45, 2.75) is 19.8 Å². The number of hydrogen-bond donors (Lipinski definition) is 0. The van der Waals surface area contributed by atoms with Crippen molar-refractivity contribution in [1.82, 2.24) is 4.98 Å². The third-order valence-electron chi connectivity index (χ3n) is 4.16. The molecule has 0 spiro atoms. The van der Waals surface area contributed by atoms with Crippen molar-refractivity contribution in [3.05, 3.63) is 54.1 Å². The number of rotatable bonds is 7. The van der Waals surface area contributed by atoms with Crippen LogP contribution in [-0.4, -0.2) is 24.7 Å². The number of nitrogens with zero attached hydrogens (tertiary/aromatic N) is 1. The fraction of sp³-hybridized carbons (Fsp3) is 0.238. The standard InChI is InChI=1S/C21H21NO4/c1-3-4-12-26-15-10-8-14(9-11-15)18-13-17(21(23)24)16-6-5-7-19(25-2)20(16)22-18/h5-11,13H,3-4,12H2,1-2H3,(H,23,24)/p-1. The average Bonchev–Trinajstić information content (AvgIpc) is 2.67. The van der Waals surface area contributed by atoms with Gasteiger partial charge in [-0.3, -0.25) is 0 Å². The number of carboxylic acid groups (broad SMARTS) is 1. The van der Waals surface area contributed by atoms with Crippen LogP contribution in [0.15, 0.2) is 48.5 Å². The van der Waals surface area contributed by atoms with Crippen molar-refractivity contribution >= 4 is 16.9 Å². The molecule has 0 aliphatic carbocycles. The molecule has 0 amide bonds. The molecule has 0 saturated carbocycles. The van der Waals surface area contributed by atoms with Gasteiger partial charge in [-0.15, -0.1) is 0 Å². The van der Waals surface area contributed by atoms with E-state index >= 15 is 0 Å². The van der Waals surface area contributed by atoms with Gasteiger partial charge in [-0.2, -0.15) is 0 Å². The number of carboxylic acids is 1. The summed E-state index contributed by atoms with van der Waals surface area (Å²) in [6, 6.07) is 14.2. The first-order chi connectivity index (χ1) is 12.6. The van der Waals surface area contributed by atoms with Crippen LogP contribution < -0.4 is 14.6 Å². The smallest absolute Gasteiger partial charge is 0.145 e. The van der Waals surface area contributed by atoms with Crippen LogP contribution in [0.1, 0.15) is 30.1 Å². The maximum atomic E-state index is 11.6. The lowest BCUT2D eigenvalue weighted by Gasteiger charge is -2.13. The van der Waals surface area contributed by atoms with Gasteiger partial charge in [0.25, 0.3) is 0 Å². The predicted octanol–water partition coefficient (Wildman–Crippen LogP) is 3.45. The quantitative estimate of drug-likeness (QED) is 0.610. The Hall–Kier alpha value is -3.08. The SMILES string of the molecule is CCCCOc1ccc(-c2cc(C(=O)[O-])c3cccc(OC)c3n2)cc1. The lowest BCUT2D eigenvalue weighted by molar-refractivity contribution is -0.254. The average molecular weight is 350 g/mol. The summed E-state index contributed by atoms with van der Waals surface area (Å²) >= 11 is 0. The Labute approximate surface area is 152 Å². The lowest BCUT2D eigenvalue weighted by Crippen LogP contribution is -2.22.